The Kier molecular flexibility index (Phi) is 5.72. The Morgan fingerprint density at radius 2 is 2.12 bits per heavy atom. The lowest BCUT2D eigenvalue weighted by Crippen LogP contribution is -2.42. The van der Waals surface area contributed by atoms with E-state index >= 15 is 0 Å². The fraction of sp³-hybridized carbons (Fsp3) is 1.00. The molecule has 0 bridgehead atoms. The zero-order chi connectivity index (χ0) is 12.0. The standard InChI is InChI=1S/C11H23NO3S/c1-3-8-16(13,14)12-7-5-6-11(9-12)10-15-4-2/h11H,3-10H2,1-2H3. The van der Waals surface area contributed by atoms with Crippen molar-refractivity contribution in [2.75, 3.05) is 32.1 Å². The lowest BCUT2D eigenvalue weighted by Gasteiger charge is -2.31. The van der Waals surface area contributed by atoms with Gasteiger partial charge in [0.05, 0.1) is 12.4 Å². The van der Waals surface area contributed by atoms with Crippen molar-refractivity contribution < 1.29 is 13.2 Å². The summed E-state index contributed by atoms with van der Waals surface area (Å²) in [4.78, 5) is 0. The largest absolute Gasteiger partial charge is 0.381 e. The Labute approximate surface area is 99.0 Å². The van der Waals surface area contributed by atoms with Gasteiger partial charge in [0, 0.05) is 19.7 Å². The molecule has 1 fully saturated rings. The highest BCUT2D eigenvalue weighted by Gasteiger charge is 2.27. The predicted molar refractivity (Wildman–Crippen MR) is 64.9 cm³/mol. The van der Waals surface area contributed by atoms with E-state index < -0.39 is 10.0 Å². The van der Waals surface area contributed by atoms with Gasteiger partial charge in [-0.2, -0.15) is 0 Å². The van der Waals surface area contributed by atoms with Gasteiger partial charge in [-0.1, -0.05) is 6.92 Å². The van der Waals surface area contributed by atoms with Gasteiger partial charge in [0.2, 0.25) is 10.0 Å². The second kappa shape index (κ2) is 6.57. The average Bonchev–Trinajstić information content (AvgIpc) is 2.27. The van der Waals surface area contributed by atoms with E-state index in [2.05, 4.69) is 0 Å². The summed E-state index contributed by atoms with van der Waals surface area (Å²) in [5.41, 5.74) is 0. The molecule has 0 aromatic heterocycles. The summed E-state index contributed by atoms with van der Waals surface area (Å²) in [6.45, 7) is 6.59. The SMILES string of the molecule is CCCS(=O)(=O)N1CCCC(COCC)C1. The first-order chi connectivity index (χ1) is 7.60. The van der Waals surface area contributed by atoms with E-state index in [-0.39, 0.29) is 5.75 Å². The van der Waals surface area contributed by atoms with E-state index in [0.717, 1.165) is 12.8 Å². The molecule has 0 radical (unpaired) electrons. The van der Waals surface area contributed by atoms with E-state index in [1.807, 2.05) is 13.8 Å². The van der Waals surface area contributed by atoms with E-state index in [9.17, 15) is 8.42 Å². The molecule has 1 rings (SSSR count). The van der Waals surface area contributed by atoms with Crippen molar-refractivity contribution in [2.45, 2.75) is 33.1 Å². The number of nitrogens with zero attached hydrogens (tertiary/aromatic N) is 1. The van der Waals surface area contributed by atoms with Crippen LogP contribution in [0.25, 0.3) is 0 Å². The minimum absolute atomic E-state index is 0.272. The molecule has 96 valence electrons. The van der Waals surface area contributed by atoms with Gasteiger partial charge in [0.1, 0.15) is 0 Å². The van der Waals surface area contributed by atoms with Crippen LogP contribution in [-0.2, 0) is 14.8 Å². The Morgan fingerprint density at radius 3 is 2.75 bits per heavy atom. The van der Waals surface area contributed by atoms with Crippen molar-refractivity contribution in [1.82, 2.24) is 4.31 Å². The molecule has 0 aromatic carbocycles. The third-order valence-electron chi connectivity index (χ3n) is 2.89. The van der Waals surface area contributed by atoms with E-state index in [4.69, 9.17) is 4.74 Å². The van der Waals surface area contributed by atoms with Gasteiger partial charge in [0.25, 0.3) is 0 Å². The second-order valence-corrected chi connectivity index (χ2v) is 6.43. The maximum atomic E-state index is 11.9. The minimum Gasteiger partial charge on any atom is -0.381 e. The second-order valence-electron chi connectivity index (χ2n) is 4.34. The van der Waals surface area contributed by atoms with Crippen molar-refractivity contribution in [1.29, 1.82) is 0 Å². The zero-order valence-electron chi connectivity index (χ0n) is 10.3. The molecule has 1 aliphatic heterocycles. The molecular weight excluding hydrogens is 226 g/mol. The summed E-state index contributed by atoms with van der Waals surface area (Å²) < 4.78 is 30.8. The van der Waals surface area contributed by atoms with Crippen LogP contribution in [0, 0.1) is 5.92 Å². The molecule has 1 heterocycles. The van der Waals surface area contributed by atoms with Gasteiger partial charge in [0.15, 0.2) is 0 Å². The molecule has 4 nitrogen and oxygen atoms in total. The van der Waals surface area contributed by atoms with Crippen molar-refractivity contribution in [3.63, 3.8) is 0 Å². The van der Waals surface area contributed by atoms with Crippen LogP contribution < -0.4 is 0 Å². The van der Waals surface area contributed by atoms with Crippen LogP contribution in [0.15, 0.2) is 0 Å². The maximum Gasteiger partial charge on any atom is 0.214 e. The average molecular weight is 249 g/mol. The Hall–Kier alpha value is -0.130. The van der Waals surface area contributed by atoms with Gasteiger partial charge in [-0.05, 0) is 32.1 Å². The summed E-state index contributed by atoms with van der Waals surface area (Å²) in [6, 6.07) is 0. The van der Waals surface area contributed by atoms with Crippen molar-refractivity contribution in [3.05, 3.63) is 0 Å². The van der Waals surface area contributed by atoms with E-state index in [0.29, 0.717) is 38.6 Å². The number of sulfonamides is 1. The van der Waals surface area contributed by atoms with Crippen LogP contribution in [0.3, 0.4) is 0 Å². The molecule has 0 saturated carbocycles. The third-order valence-corrected chi connectivity index (χ3v) is 4.94. The van der Waals surface area contributed by atoms with Crippen LogP contribution >= 0.6 is 0 Å². The maximum absolute atomic E-state index is 11.9. The highest BCUT2D eigenvalue weighted by atomic mass is 32.2. The quantitative estimate of drug-likeness (QED) is 0.716. The summed E-state index contributed by atoms with van der Waals surface area (Å²) in [5, 5.41) is 0. The van der Waals surface area contributed by atoms with Crippen molar-refractivity contribution >= 4 is 10.0 Å². The summed E-state index contributed by atoms with van der Waals surface area (Å²) >= 11 is 0. The molecule has 0 N–H and O–H groups in total. The smallest absolute Gasteiger partial charge is 0.214 e. The molecule has 0 amide bonds. The first kappa shape index (κ1) is 13.9. The Balaban J connectivity index is 2.49. The topological polar surface area (TPSA) is 46.6 Å². The molecule has 1 aliphatic rings. The third kappa shape index (κ3) is 4.03. The fourth-order valence-corrected chi connectivity index (χ4v) is 3.71. The number of ether oxygens (including phenoxy) is 1. The van der Waals surface area contributed by atoms with Gasteiger partial charge in [-0.3, -0.25) is 0 Å². The molecule has 1 saturated heterocycles. The summed E-state index contributed by atoms with van der Waals surface area (Å²) in [7, 11) is -3.01. The van der Waals surface area contributed by atoms with Crippen molar-refractivity contribution in [2.24, 2.45) is 5.92 Å². The zero-order valence-corrected chi connectivity index (χ0v) is 11.1. The molecule has 5 heteroatoms. The van der Waals surface area contributed by atoms with Gasteiger partial charge in [-0.15, -0.1) is 0 Å². The molecule has 0 aliphatic carbocycles. The first-order valence-electron chi connectivity index (χ1n) is 6.15. The molecule has 16 heavy (non-hydrogen) atoms. The fourth-order valence-electron chi connectivity index (χ4n) is 2.09. The summed E-state index contributed by atoms with van der Waals surface area (Å²) in [6.07, 6.45) is 2.73. The van der Waals surface area contributed by atoms with Gasteiger partial charge < -0.3 is 4.74 Å². The lowest BCUT2D eigenvalue weighted by molar-refractivity contribution is 0.0864. The Morgan fingerprint density at radius 1 is 1.38 bits per heavy atom. The number of hydrogen-bond acceptors (Lipinski definition) is 3. The van der Waals surface area contributed by atoms with E-state index in [1.54, 1.807) is 4.31 Å². The van der Waals surface area contributed by atoms with Crippen LogP contribution in [0.1, 0.15) is 33.1 Å². The van der Waals surface area contributed by atoms with Crippen LogP contribution in [0.5, 0.6) is 0 Å². The predicted octanol–water partition coefficient (Wildman–Crippen LogP) is 1.47. The first-order valence-corrected chi connectivity index (χ1v) is 7.76. The monoisotopic (exact) mass is 249 g/mol. The molecule has 0 aromatic rings. The summed E-state index contributed by atoms with van der Waals surface area (Å²) in [5.74, 6) is 0.647. The number of hydrogen-bond donors (Lipinski definition) is 0. The van der Waals surface area contributed by atoms with Crippen LogP contribution in [-0.4, -0.2) is 44.8 Å². The van der Waals surface area contributed by atoms with Gasteiger partial charge in [-0.25, -0.2) is 12.7 Å². The lowest BCUT2D eigenvalue weighted by atomic mass is 10.0. The molecule has 1 atom stereocenters. The van der Waals surface area contributed by atoms with Crippen LogP contribution in [0.2, 0.25) is 0 Å². The normalized spacial score (nSPS) is 23.5. The number of rotatable bonds is 6. The molecule has 0 spiro atoms. The minimum atomic E-state index is -3.01. The highest BCUT2D eigenvalue weighted by molar-refractivity contribution is 7.89. The molecular formula is C11H23NO3S. The van der Waals surface area contributed by atoms with Gasteiger partial charge >= 0.3 is 0 Å². The Bertz CT molecular complexity index is 290. The number of piperidine rings is 1. The van der Waals surface area contributed by atoms with Crippen LogP contribution in [0.4, 0.5) is 0 Å². The van der Waals surface area contributed by atoms with E-state index in [1.165, 1.54) is 0 Å². The highest BCUT2D eigenvalue weighted by Crippen LogP contribution is 2.20. The molecule has 1 unspecified atom stereocenters. The van der Waals surface area contributed by atoms with Crippen molar-refractivity contribution in [3.8, 4) is 0 Å².